The summed E-state index contributed by atoms with van der Waals surface area (Å²) in [5.41, 5.74) is 0.00397. The van der Waals surface area contributed by atoms with Crippen LogP contribution in [0.4, 0.5) is 8.78 Å². The van der Waals surface area contributed by atoms with E-state index in [1.807, 2.05) is 0 Å². The monoisotopic (exact) mass is 308 g/mol. The maximum Gasteiger partial charge on any atom is 0.405 e. The highest BCUT2D eigenvalue weighted by molar-refractivity contribution is 7.86. The highest BCUT2D eigenvalue weighted by Gasteiger charge is 2.55. The third kappa shape index (κ3) is 3.51. The molecule has 1 rings (SSSR count). The number of alkyl halides is 2. The molecule has 0 amide bonds. The molecule has 0 fully saturated rings. The molecule has 8 heteroatoms. The summed E-state index contributed by atoms with van der Waals surface area (Å²) in [6, 6.07) is 7.30. The predicted octanol–water partition coefficient (Wildman–Crippen LogP) is 2.35. The number of carbonyl (C=O) groups is 1. The average Bonchev–Trinajstić information content (AvgIpc) is 2.34. The van der Waals surface area contributed by atoms with Gasteiger partial charge in [-0.3, -0.25) is 4.55 Å². The number of halogens is 2. The lowest BCUT2D eigenvalue weighted by Crippen LogP contribution is -2.46. The van der Waals surface area contributed by atoms with Crippen LogP contribution in [0.5, 0.6) is 0 Å². The standard InChI is InChI=1S/C12H14F2O5S/c1-8(2)10(12(13,14)20(16,17)18)19-11(15)9-6-4-3-5-7-9/h3-8,10H,1-2H3,(H,16,17,18). The number of hydrogen-bond acceptors (Lipinski definition) is 4. The van der Waals surface area contributed by atoms with Crippen LogP contribution in [0.3, 0.4) is 0 Å². The van der Waals surface area contributed by atoms with Crippen molar-refractivity contribution in [2.45, 2.75) is 25.2 Å². The molecule has 0 saturated carbocycles. The molecule has 0 bridgehead atoms. The Bertz CT molecular complexity index is 569. The molecule has 0 heterocycles. The minimum atomic E-state index is -5.68. The van der Waals surface area contributed by atoms with E-state index >= 15 is 0 Å². The highest BCUT2D eigenvalue weighted by atomic mass is 32.2. The zero-order valence-corrected chi connectivity index (χ0v) is 11.6. The third-order valence-electron chi connectivity index (χ3n) is 2.52. The van der Waals surface area contributed by atoms with Gasteiger partial charge in [0.2, 0.25) is 0 Å². The van der Waals surface area contributed by atoms with Crippen LogP contribution >= 0.6 is 0 Å². The van der Waals surface area contributed by atoms with Crippen molar-refractivity contribution in [2.75, 3.05) is 0 Å². The minimum Gasteiger partial charge on any atom is -0.451 e. The van der Waals surface area contributed by atoms with Crippen molar-refractivity contribution in [2.24, 2.45) is 5.92 Å². The van der Waals surface area contributed by atoms with E-state index in [1.54, 1.807) is 6.07 Å². The molecule has 0 spiro atoms. The summed E-state index contributed by atoms with van der Waals surface area (Å²) in [5.74, 6) is -2.10. The van der Waals surface area contributed by atoms with Gasteiger partial charge >= 0.3 is 21.3 Å². The molecule has 20 heavy (non-hydrogen) atoms. The van der Waals surface area contributed by atoms with E-state index < -0.39 is 33.4 Å². The van der Waals surface area contributed by atoms with Gasteiger partial charge in [-0.25, -0.2) is 4.79 Å². The second-order valence-corrected chi connectivity index (χ2v) is 5.97. The quantitative estimate of drug-likeness (QED) is 0.667. The van der Waals surface area contributed by atoms with Crippen LogP contribution in [0.15, 0.2) is 30.3 Å². The SMILES string of the molecule is CC(C)C(OC(=O)c1ccccc1)C(F)(F)S(=O)(=O)O. The number of carbonyl (C=O) groups excluding carboxylic acids is 1. The molecule has 5 nitrogen and oxygen atoms in total. The number of benzene rings is 1. The molecular weight excluding hydrogens is 294 g/mol. The number of esters is 1. The average molecular weight is 308 g/mol. The van der Waals surface area contributed by atoms with Gasteiger partial charge in [0.25, 0.3) is 0 Å². The van der Waals surface area contributed by atoms with Crippen LogP contribution in [-0.2, 0) is 14.9 Å². The summed E-state index contributed by atoms with van der Waals surface area (Å²) in [7, 11) is -5.68. The van der Waals surface area contributed by atoms with Crippen LogP contribution in [0.2, 0.25) is 0 Å². The summed E-state index contributed by atoms with van der Waals surface area (Å²) in [6.07, 6.45) is -2.29. The summed E-state index contributed by atoms with van der Waals surface area (Å²) in [6.45, 7) is 2.50. The maximum absolute atomic E-state index is 13.6. The second kappa shape index (κ2) is 5.84. The van der Waals surface area contributed by atoms with Crippen molar-refractivity contribution in [1.29, 1.82) is 0 Å². The Kier molecular flexibility index (Phi) is 4.82. The summed E-state index contributed by atoms with van der Waals surface area (Å²) >= 11 is 0. The van der Waals surface area contributed by atoms with Gasteiger partial charge in [-0.2, -0.15) is 17.2 Å². The van der Waals surface area contributed by atoms with Crippen molar-refractivity contribution in [3.05, 3.63) is 35.9 Å². The zero-order chi connectivity index (χ0) is 15.6. The molecule has 0 radical (unpaired) electrons. The van der Waals surface area contributed by atoms with Gasteiger partial charge in [0, 0.05) is 0 Å². The molecular formula is C12H14F2O5S. The third-order valence-corrected chi connectivity index (χ3v) is 3.44. The first kappa shape index (κ1) is 16.5. The summed E-state index contributed by atoms with van der Waals surface area (Å²) in [4.78, 5) is 11.7. The van der Waals surface area contributed by atoms with Gasteiger partial charge in [0.15, 0.2) is 6.10 Å². The van der Waals surface area contributed by atoms with E-state index in [2.05, 4.69) is 4.74 Å². The zero-order valence-electron chi connectivity index (χ0n) is 10.8. The lowest BCUT2D eigenvalue weighted by Gasteiger charge is -2.27. The molecule has 0 saturated heterocycles. The number of hydrogen-bond donors (Lipinski definition) is 1. The fourth-order valence-electron chi connectivity index (χ4n) is 1.50. The molecule has 1 aromatic rings. The Morgan fingerprint density at radius 1 is 1.25 bits per heavy atom. The highest BCUT2D eigenvalue weighted by Crippen LogP contribution is 2.32. The molecule has 112 valence electrons. The second-order valence-electron chi connectivity index (χ2n) is 4.47. The van der Waals surface area contributed by atoms with E-state index in [0.717, 1.165) is 0 Å². The molecule has 0 aliphatic carbocycles. The molecule has 0 aliphatic heterocycles. The Morgan fingerprint density at radius 2 is 1.75 bits per heavy atom. The Labute approximate surface area is 115 Å². The van der Waals surface area contributed by atoms with E-state index in [9.17, 15) is 22.0 Å². The first-order valence-electron chi connectivity index (χ1n) is 5.68. The van der Waals surface area contributed by atoms with E-state index in [-0.39, 0.29) is 5.56 Å². The smallest absolute Gasteiger partial charge is 0.405 e. The molecule has 0 aliphatic rings. The van der Waals surface area contributed by atoms with Crippen molar-refractivity contribution >= 4 is 16.1 Å². The maximum atomic E-state index is 13.6. The molecule has 1 unspecified atom stereocenters. The fraction of sp³-hybridized carbons (Fsp3) is 0.417. The van der Waals surface area contributed by atoms with Crippen molar-refractivity contribution in [3.8, 4) is 0 Å². The fourth-order valence-corrected chi connectivity index (χ4v) is 2.11. The number of rotatable bonds is 5. The topological polar surface area (TPSA) is 80.7 Å². The lowest BCUT2D eigenvalue weighted by molar-refractivity contribution is -0.0821. The van der Waals surface area contributed by atoms with Crippen LogP contribution in [-0.4, -0.2) is 30.3 Å². The van der Waals surface area contributed by atoms with Crippen molar-refractivity contribution in [3.63, 3.8) is 0 Å². The van der Waals surface area contributed by atoms with Gasteiger partial charge in [0.1, 0.15) is 0 Å². The van der Waals surface area contributed by atoms with Crippen LogP contribution in [0, 0.1) is 5.92 Å². The first-order valence-corrected chi connectivity index (χ1v) is 7.12. The van der Waals surface area contributed by atoms with Gasteiger partial charge in [-0.1, -0.05) is 32.0 Å². The number of ether oxygens (including phenoxy) is 1. The van der Waals surface area contributed by atoms with Crippen LogP contribution in [0.25, 0.3) is 0 Å². The molecule has 1 atom stereocenters. The molecule has 1 aromatic carbocycles. The van der Waals surface area contributed by atoms with E-state index in [4.69, 9.17) is 4.55 Å². The Hall–Kier alpha value is -1.54. The molecule has 1 N–H and O–H groups in total. The first-order chi connectivity index (χ1) is 9.07. The Balaban J connectivity index is 3.04. The van der Waals surface area contributed by atoms with Gasteiger partial charge in [0.05, 0.1) is 5.56 Å². The lowest BCUT2D eigenvalue weighted by atomic mass is 10.1. The van der Waals surface area contributed by atoms with Crippen LogP contribution in [0.1, 0.15) is 24.2 Å². The van der Waals surface area contributed by atoms with Gasteiger partial charge in [-0.05, 0) is 18.1 Å². The van der Waals surface area contributed by atoms with Crippen molar-refractivity contribution in [1.82, 2.24) is 0 Å². The largest absolute Gasteiger partial charge is 0.451 e. The van der Waals surface area contributed by atoms with E-state index in [1.165, 1.54) is 38.1 Å². The Morgan fingerprint density at radius 3 is 2.15 bits per heavy atom. The predicted molar refractivity (Wildman–Crippen MR) is 67.0 cm³/mol. The minimum absolute atomic E-state index is 0.00397. The van der Waals surface area contributed by atoms with Crippen LogP contribution < -0.4 is 0 Å². The molecule has 0 aromatic heterocycles. The normalized spacial score (nSPS) is 14.1. The summed E-state index contributed by atoms with van der Waals surface area (Å²) in [5, 5.41) is -4.58. The van der Waals surface area contributed by atoms with Gasteiger partial charge in [-0.15, -0.1) is 0 Å². The van der Waals surface area contributed by atoms with Crippen molar-refractivity contribution < 1.29 is 31.3 Å². The summed E-state index contributed by atoms with van der Waals surface area (Å²) < 4.78 is 61.8. The van der Waals surface area contributed by atoms with Gasteiger partial charge < -0.3 is 4.74 Å². The van der Waals surface area contributed by atoms with E-state index in [0.29, 0.717) is 0 Å².